The number of nitrogens with one attached hydrogen (secondary N) is 1. The Morgan fingerprint density at radius 2 is 1.75 bits per heavy atom. The number of sulfonamides is 1. The molecular weight excluding hydrogens is 542 g/mol. The number of amides is 2. The van der Waals surface area contributed by atoms with Gasteiger partial charge in [-0.25, -0.2) is 8.42 Å². The van der Waals surface area contributed by atoms with Gasteiger partial charge in [-0.3, -0.25) is 13.9 Å². The Labute approximate surface area is 223 Å². The van der Waals surface area contributed by atoms with Gasteiger partial charge in [0.1, 0.15) is 12.6 Å². The summed E-state index contributed by atoms with van der Waals surface area (Å²) >= 11 is 3.37. The summed E-state index contributed by atoms with van der Waals surface area (Å²) in [5.41, 5.74) is 1.44. The zero-order valence-electron chi connectivity index (χ0n) is 21.0. The molecule has 1 N–H and O–H groups in total. The summed E-state index contributed by atoms with van der Waals surface area (Å²) in [5, 5.41) is 3.16. The molecule has 7 nitrogen and oxygen atoms in total. The van der Waals surface area contributed by atoms with Crippen molar-refractivity contribution in [2.45, 2.75) is 64.0 Å². The molecule has 2 aromatic rings. The number of anilines is 1. The van der Waals surface area contributed by atoms with Crippen LogP contribution in [0.3, 0.4) is 0 Å². The Bertz CT molecular complexity index is 1120. The van der Waals surface area contributed by atoms with E-state index >= 15 is 0 Å². The van der Waals surface area contributed by atoms with Crippen molar-refractivity contribution in [2.75, 3.05) is 23.7 Å². The molecule has 0 bridgehead atoms. The van der Waals surface area contributed by atoms with Gasteiger partial charge in [-0.15, -0.1) is 0 Å². The van der Waals surface area contributed by atoms with Gasteiger partial charge in [-0.2, -0.15) is 0 Å². The minimum Gasteiger partial charge on any atom is -0.352 e. The summed E-state index contributed by atoms with van der Waals surface area (Å²) in [6.45, 7) is 1.82. The molecule has 0 spiro atoms. The van der Waals surface area contributed by atoms with Crippen LogP contribution in [0, 0.1) is 0 Å². The average Bonchev–Trinajstić information content (AvgIpc) is 2.85. The van der Waals surface area contributed by atoms with Crippen LogP contribution in [-0.4, -0.2) is 56.6 Å². The molecule has 1 aliphatic carbocycles. The van der Waals surface area contributed by atoms with Gasteiger partial charge >= 0.3 is 0 Å². The summed E-state index contributed by atoms with van der Waals surface area (Å²) in [7, 11) is -3.74. The van der Waals surface area contributed by atoms with Crippen molar-refractivity contribution in [3.63, 3.8) is 0 Å². The van der Waals surface area contributed by atoms with Crippen LogP contribution in [0.1, 0.15) is 51.0 Å². The lowest BCUT2D eigenvalue weighted by atomic mass is 9.95. The van der Waals surface area contributed by atoms with Gasteiger partial charge in [0.25, 0.3) is 0 Å². The topological polar surface area (TPSA) is 86.8 Å². The number of benzene rings is 2. The van der Waals surface area contributed by atoms with Crippen LogP contribution < -0.4 is 9.62 Å². The monoisotopic (exact) mass is 577 g/mol. The van der Waals surface area contributed by atoms with Gasteiger partial charge in [-0.05, 0) is 49.4 Å². The Balaban J connectivity index is 1.85. The van der Waals surface area contributed by atoms with Crippen molar-refractivity contribution in [3.05, 3.63) is 64.6 Å². The number of hydrogen-bond donors (Lipinski definition) is 1. The highest BCUT2D eigenvalue weighted by molar-refractivity contribution is 9.10. The molecule has 2 amide bonds. The molecule has 3 rings (SSSR count). The van der Waals surface area contributed by atoms with Gasteiger partial charge in [0, 0.05) is 17.1 Å². The minimum atomic E-state index is -3.74. The molecule has 2 aromatic carbocycles. The third kappa shape index (κ3) is 8.06. The fraction of sp³-hybridized carbons (Fsp3) is 0.481. The fourth-order valence-electron chi connectivity index (χ4n) is 4.69. The molecule has 0 aromatic heterocycles. The summed E-state index contributed by atoms with van der Waals surface area (Å²) in [6.07, 6.45) is 7.35. The molecule has 196 valence electrons. The fourth-order valence-corrected chi connectivity index (χ4v) is 5.91. The van der Waals surface area contributed by atoms with Crippen LogP contribution >= 0.6 is 15.9 Å². The lowest BCUT2D eigenvalue weighted by Crippen LogP contribution is -2.54. The Morgan fingerprint density at radius 3 is 2.36 bits per heavy atom. The maximum absolute atomic E-state index is 13.7. The second-order valence-electron chi connectivity index (χ2n) is 9.34. The molecule has 36 heavy (non-hydrogen) atoms. The molecule has 9 heteroatoms. The van der Waals surface area contributed by atoms with E-state index in [9.17, 15) is 18.0 Å². The zero-order valence-corrected chi connectivity index (χ0v) is 23.4. The first-order chi connectivity index (χ1) is 17.2. The van der Waals surface area contributed by atoms with E-state index in [4.69, 9.17) is 0 Å². The van der Waals surface area contributed by atoms with E-state index in [1.165, 1.54) is 6.42 Å². The number of carbonyl (C=O) groups excluding carboxylic acids is 2. The molecule has 0 heterocycles. The van der Waals surface area contributed by atoms with E-state index in [1.54, 1.807) is 29.2 Å². The Kier molecular flexibility index (Phi) is 10.4. The minimum absolute atomic E-state index is 0.126. The highest BCUT2D eigenvalue weighted by Gasteiger charge is 2.32. The van der Waals surface area contributed by atoms with E-state index in [-0.39, 0.29) is 18.5 Å². The zero-order chi connectivity index (χ0) is 26.1. The van der Waals surface area contributed by atoms with Crippen LogP contribution in [0.15, 0.2) is 59.1 Å². The van der Waals surface area contributed by atoms with Crippen LogP contribution in [0.4, 0.5) is 5.69 Å². The molecule has 0 aliphatic heterocycles. The van der Waals surface area contributed by atoms with Gasteiger partial charge in [0.05, 0.1) is 11.9 Å². The second kappa shape index (κ2) is 13.2. The van der Waals surface area contributed by atoms with E-state index in [2.05, 4.69) is 21.2 Å². The molecule has 1 aliphatic rings. The molecule has 1 fully saturated rings. The number of hydrogen-bond acceptors (Lipinski definition) is 4. The molecule has 1 atom stereocenters. The van der Waals surface area contributed by atoms with Crippen LogP contribution in [0.2, 0.25) is 0 Å². The predicted molar refractivity (Wildman–Crippen MR) is 147 cm³/mol. The second-order valence-corrected chi connectivity index (χ2v) is 12.2. The average molecular weight is 579 g/mol. The standard InChI is InChI=1S/C27H36BrN3O4S/c1-3-25(27(33)29-23-14-8-5-9-15-23)30(18-17-21-11-6-4-7-12-21)26(32)20-31(36(2,34)35)24-16-10-13-22(28)19-24/h4,6-7,10-13,16,19,23,25H,3,5,8-9,14-15,17-18,20H2,1-2H3,(H,29,33). The molecule has 1 unspecified atom stereocenters. The molecule has 0 saturated heterocycles. The third-order valence-electron chi connectivity index (χ3n) is 6.60. The van der Waals surface area contributed by atoms with Crippen molar-refractivity contribution >= 4 is 43.5 Å². The number of carbonyl (C=O) groups is 2. The smallest absolute Gasteiger partial charge is 0.244 e. The third-order valence-corrected chi connectivity index (χ3v) is 8.23. The summed E-state index contributed by atoms with van der Waals surface area (Å²) in [4.78, 5) is 28.6. The SMILES string of the molecule is CCC(C(=O)NC1CCCCC1)N(CCc1ccccc1)C(=O)CN(c1cccc(Br)c1)S(C)(=O)=O. The number of nitrogens with zero attached hydrogens (tertiary/aromatic N) is 2. The lowest BCUT2D eigenvalue weighted by molar-refractivity contribution is -0.140. The maximum Gasteiger partial charge on any atom is 0.244 e. The van der Waals surface area contributed by atoms with Crippen LogP contribution in [0.25, 0.3) is 0 Å². The number of rotatable bonds is 11. The van der Waals surface area contributed by atoms with Crippen molar-refractivity contribution in [1.29, 1.82) is 0 Å². The summed E-state index contributed by atoms with van der Waals surface area (Å²) < 4.78 is 27.2. The Hall–Kier alpha value is -2.39. The lowest BCUT2D eigenvalue weighted by Gasteiger charge is -2.34. The Morgan fingerprint density at radius 1 is 1.06 bits per heavy atom. The first-order valence-electron chi connectivity index (χ1n) is 12.6. The van der Waals surface area contributed by atoms with Crippen molar-refractivity contribution < 1.29 is 18.0 Å². The van der Waals surface area contributed by atoms with Gasteiger partial charge in [0.15, 0.2) is 0 Å². The van der Waals surface area contributed by atoms with Crippen LogP contribution in [0.5, 0.6) is 0 Å². The predicted octanol–water partition coefficient (Wildman–Crippen LogP) is 4.51. The van der Waals surface area contributed by atoms with Gasteiger partial charge < -0.3 is 10.2 Å². The van der Waals surface area contributed by atoms with Gasteiger partial charge in [-0.1, -0.05) is 78.5 Å². The molecule has 1 saturated carbocycles. The largest absolute Gasteiger partial charge is 0.352 e. The van der Waals surface area contributed by atoms with Gasteiger partial charge in [0.2, 0.25) is 21.8 Å². The van der Waals surface area contributed by atoms with E-state index < -0.39 is 22.0 Å². The first-order valence-corrected chi connectivity index (χ1v) is 15.2. The van der Waals surface area contributed by atoms with Crippen molar-refractivity contribution in [3.8, 4) is 0 Å². The summed E-state index contributed by atoms with van der Waals surface area (Å²) in [5.74, 6) is -0.568. The van der Waals surface area contributed by atoms with E-state index in [1.807, 2.05) is 37.3 Å². The summed E-state index contributed by atoms with van der Waals surface area (Å²) in [6, 6.07) is 16.1. The quantitative estimate of drug-likeness (QED) is 0.425. The highest BCUT2D eigenvalue weighted by atomic mass is 79.9. The normalized spacial score (nSPS) is 15.2. The number of halogens is 1. The van der Waals surface area contributed by atoms with Crippen molar-refractivity contribution in [2.24, 2.45) is 0 Å². The molecule has 0 radical (unpaired) electrons. The first kappa shape index (κ1) is 28.2. The highest BCUT2D eigenvalue weighted by Crippen LogP contribution is 2.23. The van der Waals surface area contributed by atoms with E-state index in [0.717, 1.165) is 41.8 Å². The molecular formula is C27H36BrN3O4S. The maximum atomic E-state index is 13.7. The van der Waals surface area contributed by atoms with E-state index in [0.29, 0.717) is 29.5 Å². The van der Waals surface area contributed by atoms with Crippen molar-refractivity contribution in [1.82, 2.24) is 10.2 Å². The van der Waals surface area contributed by atoms with Crippen LogP contribution in [-0.2, 0) is 26.0 Å².